The van der Waals surface area contributed by atoms with Gasteiger partial charge in [0.05, 0.1) is 30.1 Å². The molecule has 3 N–H and O–H groups in total. The topological polar surface area (TPSA) is 108 Å². The zero-order valence-electron chi connectivity index (χ0n) is 22.7. The number of amides is 3. The molecular formula is C29H43N3O5. The van der Waals surface area contributed by atoms with E-state index in [2.05, 4.69) is 17.6 Å². The standard InChI is InChI=1S/C29H43N3O5/c1-5-8-16-30-26(35)24-29-15-14-28(7-3,37-29)22(25(34)31-17-20-12-10-9-11-13-20)23(29)27(36)32(24)21(18-33)19(4)6-2/h9-13,19,21-24,33H,5-8,14-18H2,1-4H3,(H,30,35)(H,31,34)/t19-,21-,22+,23-,24?,28-,29?/m0/s1. The van der Waals surface area contributed by atoms with E-state index >= 15 is 0 Å². The third-order valence-corrected chi connectivity index (χ3v) is 9.13. The van der Waals surface area contributed by atoms with Gasteiger partial charge >= 0.3 is 0 Å². The highest BCUT2D eigenvalue weighted by atomic mass is 16.5. The number of aliphatic hydroxyl groups is 1. The van der Waals surface area contributed by atoms with Crippen LogP contribution >= 0.6 is 0 Å². The summed E-state index contributed by atoms with van der Waals surface area (Å²) in [5.41, 5.74) is -0.871. The number of carbonyl (C=O) groups excluding carboxylic acids is 3. The van der Waals surface area contributed by atoms with Crippen LogP contribution in [0.3, 0.4) is 0 Å². The van der Waals surface area contributed by atoms with E-state index in [1.807, 2.05) is 51.1 Å². The number of fused-ring (bicyclic) bond motifs is 1. The number of likely N-dealkylation sites (tertiary alicyclic amines) is 1. The fraction of sp³-hybridized carbons (Fsp3) is 0.690. The van der Waals surface area contributed by atoms with Crippen LogP contribution in [0.1, 0.15) is 71.8 Å². The van der Waals surface area contributed by atoms with Gasteiger partial charge in [0.25, 0.3) is 0 Å². The number of hydrogen-bond donors (Lipinski definition) is 3. The summed E-state index contributed by atoms with van der Waals surface area (Å²) in [6, 6.07) is 8.29. The Balaban J connectivity index is 1.71. The van der Waals surface area contributed by atoms with Crippen LogP contribution in [-0.2, 0) is 25.7 Å². The molecule has 8 heteroatoms. The lowest BCUT2D eigenvalue weighted by Gasteiger charge is -2.39. The van der Waals surface area contributed by atoms with Gasteiger partial charge in [0.15, 0.2) is 0 Å². The molecule has 3 heterocycles. The van der Waals surface area contributed by atoms with E-state index < -0.39 is 35.1 Å². The van der Waals surface area contributed by atoms with Crippen LogP contribution in [0.15, 0.2) is 30.3 Å². The number of nitrogens with zero attached hydrogens (tertiary/aromatic N) is 1. The van der Waals surface area contributed by atoms with Crippen molar-refractivity contribution < 1.29 is 24.2 Å². The molecule has 1 spiro atoms. The van der Waals surface area contributed by atoms with Crippen LogP contribution in [0.4, 0.5) is 0 Å². The number of ether oxygens (including phenoxy) is 1. The molecule has 3 aliphatic rings. The summed E-state index contributed by atoms with van der Waals surface area (Å²) in [4.78, 5) is 43.4. The lowest BCUT2D eigenvalue weighted by Crippen LogP contribution is -2.59. The smallest absolute Gasteiger partial charge is 0.245 e. The summed E-state index contributed by atoms with van der Waals surface area (Å²) in [6.07, 6.45) is 4.27. The number of unbranched alkanes of at least 4 members (excludes halogenated alkanes) is 1. The Bertz CT molecular complexity index is 987. The molecule has 8 nitrogen and oxygen atoms in total. The van der Waals surface area contributed by atoms with Gasteiger partial charge in [-0.25, -0.2) is 0 Å². The molecular weight excluding hydrogens is 470 g/mol. The van der Waals surface area contributed by atoms with Crippen LogP contribution in [-0.4, -0.2) is 64.2 Å². The number of carbonyl (C=O) groups is 3. The van der Waals surface area contributed by atoms with Crippen molar-refractivity contribution in [3.63, 3.8) is 0 Å². The van der Waals surface area contributed by atoms with Gasteiger partial charge in [0, 0.05) is 13.1 Å². The Morgan fingerprint density at radius 2 is 1.86 bits per heavy atom. The monoisotopic (exact) mass is 513 g/mol. The Kier molecular flexibility index (Phi) is 8.29. The molecule has 1 aromatic rings. The van der Waals surface area contributed by atoms with E-state index in [4.69, 9.17) is 4.74 Å². The van der Waals surface area contributed by atoms with Crippen molar-refractivity contribution in [1.29, 1.82) is 0 Å². The zero-order valence-corrected chi connectivity index (χ0v) is 22.7. The molecule has 3 saturated heterocycles. The second kappa shape index (κ2) is 11.1. The SMILES string of the molecule is CCCCNC(=O)C1N([C@@H](CO)[C@@H](C)CC)C(=O)[C@@H]2[C@H](C(=O)NCc3ccccc3)[C@]3(CC)CCC12O3. The average molecular weight is 514 g/mol. The van der Waals surface area contributed by atoms with Crippen LogP contribution in [0, 0.1) is 17.8 Å². The van der Waals surface area contributed by atoms with Gasteiger partial charge in [-0.2, -0.15) is 0 Å². The fourth-order valence-corrected chi connectivity index (χ4v) is 6.91. The molecule has 2 unspecified atom stereocenters. The Morgan fingerprint density at radius 3 is 2.49 bits per heavy atom. The highest BCUT2D eigenvalue weighted by Gasteiger charge is 2.79. The zero-order chi connectivity index (χ0) is 26.8. The van der Waals surface area contributed by atoms with Gasteiger partial charge in [-0.15, -0.1) is 0 Å². The van der Waals surface area contributed by atoms with Gasteiger partial charge in [-0.1, -0.05) is 70.9 Å². The summed E-state index contributed by atoms with van der Waals surface area (Å²) < 4.78 is 6.79. The van der Waals surface area contributed by atoms with Crippen LogP contribution in [0.25, 0.3) is 0 Å². The van der Waals surface area contributed by atoms with E-state index in [9.17, 15) is 19.5 Å². The van der Waals surface area contributed by atoms with Crippen LogP contribution in [0.5, 0.6) is 0 Å². The summed E-state index contributed by atoms with van der Waals surface area (Å²) in [5, 5.41) is 16.5. The molecule has 0 aliphatic carbocycles. The third kappa shape index (κ3) is 4.56. The molecule has 3 fully saturated rings. The van der Waals surface area contributed by atoms with E-state index in [0.29, 0.717) is 32.4 Å². The second-order valence-corrected chi connectivity index (χ2v) is 11.1. The van der Waals surface area contributed by atoms with Crippen molar-refractivity contribution in [3.05, 3.63) is 35.9 Å². The van der Waals surface area contributed by atoms with Crippen molar-refractivity contribution in [2.75, 3.05) is 13.2 Å². The van der Waals surface area contributed by atoms with Crippen molar-refractivity contribution in [2.45, 2.75) is 96.1 Å². The lowest BCUT2D eigenvalue weighted by molar-refractivity contribution is -0.152. The summed E-state index contributed by atoms with van der Waals surface area (Å²) >= 11 is 0. The number of rotatable bonds is 12. The molecule has 7 atom stereocenters. The fourth-order valence-electron chi connectivity index (χ4n) is 6.91. The molecule has 0 radical (unpaired) electrons. The van der Waals surface area contributed by atoms with E-state index in [-0.39, 0.29) is 30.2 Å². The first-order valence-electron chi connectivity index (χ1n) is 14.0. The maximum absolute atomic E-state index is 14.3. The Hall–Kier alpha value is -2.45. The average Bonchev–Trinajstić information content (AvgIpc) is 3.52. The maximum atomic E-state index is 14.3. The first-order chi connectivity index (χ1) is 17.8. The van der Waals surface area contributed by atoms with Crippen molar-refractivity contribution in [3.8, 4) is 0 Å². The molecule has 37 heavy (non-hydrogen) atoms. The third-order valence-electron chi connectivity index (χ3n) is 9.13. The maximum Gasteiger partial charge on any atom is 0.245 e. The summed E-state index contributed by atoms with van der Waals surface area (Å²) in [6.45, 7) is 8.68. The van der Waals surface area contributed by atoms with Gasteiger partial charge in [-0.05, 0) is 37.2 Å². The van der Waals surface area contributed by atoms with E-state index in [1.165, 1.54) is 0 Å². The van der Waals surface area contributed by atoms with Gasteiger partial charge in [0.1, 0.15) is 11.6 Å². The first-order valence-corrected chi connectivity index (χ1v) is 14.0. The highest BCUT2D eigenvalue weighted by Crippen LogP contribution is 2.64. The minimum absolute atomic E-state index is 0.0159. The minimum Gasteiger partial charge on any atom is -0.394 e. The molecule has 3 aliphatic heterocycles. The number of nitrogens with one attached hydrogen (secondary N) is 2. The molecule has 1 aromatic carbocycles. The number of benzene rings is 1. The highest BCUT2D eigenvalue weighted by molar-refractivity contribution is 5.99. The van der Waals surface area contributed by atoms with Crippen molar-refractivity contribution >= 4 is 17.7 Å². The second-order valence-electron chi connectivity index (χ2n) is 11.1. The molecule has 204 valence electrons. The normalized spacial score (nSPS) is 31.8. The van der Waals surface area contributed by atoms with Crippen LogP contribution < -0.4 is 10.6 Å². The molecule has 0 aromatic heterocycles. The summed E-state index contributed by atoms with van der Waals surface area (Å²) in [7, 11) is 0. The van der Waals surface area contributed by atoms with Crippen molar-refractivity contribution in [1.82, 2.24) is 15.5 Å². The predicted molar refractivity (Wildman–Crippen MR) is 140 cm³/mol. The quantitative estimate of drug-likeness (QED) is 0.373. The molecule has 2 bridgehead atoms. The predicted octanol–water partition coefficient (Wildman–Crippen LogP) is 2.78. The molecule has 4 rings (SSSR count). The number of hydrogen-bond acceptors (Lipinski definition) is 5. The largest absolute Gasteiger partial charge is 0.394 e. The minimum atomic E-state index is -1.07. The van der Waals surface area contributed by atoms with E-state index in [1.54, 1.807) is 4.90 Å². The molecule has 3 amide bonds. The van der Waals surface area contributed by atoms with Crippen molar-refractivity contribution in [2.24, 2.45) is 17.8 Å². The summed E-state index contributed by atoms with van der Waals surface area (Å²) in [5.74, 6) is -2.15. The molecule has 0 saturated carbocycles. The van der Waals surface area contributed by atoms with E-state index in [0.717, 1.165) is 24.8 Å². The first kappa shape index (κ1) is 27.6. The number of aliphatic hydroxyl groups excluding tert-OH is 1. The van der Waals surface area contributed by atoms with Gasteiger partial charge < -0.3 is 25.4 Å². The van der Waals surface area contributed by atoms with Crippen LogP contribution in [0.2, 0.25) is 0 Å². The lowest BCUT2D eigenvalue weighted by atomic mass is 9.65. The van der Waals surface area contributed by atoms with Gasteiger partial charge in [0.2, 0.25) is 17.7 Å². The Labute approximate surface area is 220 Å². The Morgan fingerprint density at radius 1 is 1.14 bits per heavy atom. The van der Waals surface area contributed by atoms with Gasteiger partial charge in [-0.3, -0.25) is 14.4 Å².